The topological polar surface area (TPSA) is 92.5 Å². The smallest absolute Gasteiger partial charge is 0.475 e. The number of hydrogen-bond donors (Lipinski definition) is 1. The van der Waals surface area contributed by atoms with Crippen LogP contribution < -0.4 is 0 Å². The third-order valence-corrected chi connectivity index (χ3v) is 5.49. The van der Waals surface area contributed by atoms with Crippen LogP contribution in [0.3, 0.4) is 0 Å². The molecule has 0 radical (unpaired) electrons. The van der Waals surface area contributed by atoms with E-state index in [0.29, 0.717) is 18.6 Å². The number of fused-ring (bicyclic) bond motifs is 1. The molecule has 1 saturated carbocycles. The fourth-order valence-electron chi connectivity index (χ4n) is 3.80. The lowest BCUT2D eigenvalue weighted by Gasteiger charge is -2.37. The summed E-state index contributed by atoms with van der Waals surface area (Å²) in [6.45, 7) is 5.46. The zero-order chi connectivity index (χ0) is 23.9. The Balaban J connectivity index is 0.000000451. The summed E-state index contributed by atoms with van der Waals surface area (Å²) < 4.78 is 49.2. The van der Waals surface area contributed by atoms with Crippen molar-refractivity contribution in [2.75, 3.05) is 40.5 Å². The van der Waals surface area contributed by atoms with Crippen LogP contribution in [0.1, 0.15) is 31.3 Å². The summed E-state index contributed by atoms with van der Waals surface area (Å²) in [5, 5.41) is 7.12. The minimum atomic E-state index is -5.08. The standard InChI is InChI=1S/C19H30N2O4.C2HF3O2/c1-4-15-5-6-16(25-15)11-21-7-8-24-18-10-14(9-17(18)21)12-23-13-19(22)20(2)3;3-2(4,5)1(6)7/h5-6,14,17-18H,4,7-13H2,1-3H3;(H,6,7)/t14?,17-,18-;/m0./s1. The molecule has 8 nitrogen and oxygen atoms in total. The van der Waals surface area contributed by atoms with E-state index < -0.39 is 12.1 Å². The quantitative estimate of drug-likeness (QED) is 0.663. The predicted octanol–water partition coefficient (Wildman–Crippen LogP) is 2.56. The van der Waals surface area contributed by atoms with Gasteiger partial charge >= 0.3 is 12.1 Å². The van der Waals surface area contributed by atoms with Crippen LogP contribution >= 0.6 is 0 Å². The van der Waals surface area contributed by atoms with E-state index in [0.717, 1.165) is 50.5 Å². The molecule has 1 aliphatic carbocycles. The molecule has 2 fully saturated rings. The van der Waals surface area contributed by atoms with Gasteiger partial charge in [-0.3, -0.25) is 9.69 Å². The number of carboxylic acid groups (broad SMARTS) is 1. The molecule has 1 aliphatic heterocycles. The molecule has 1 aromatic rings. The number of furan rings is 1. The number of rotatable bonds is 7. The van der Waals surface area contributed by atoms with Crippen molar-refractivity contribution in [3.05, 3.63) is 23.7 Å². The number of carbonyl (C=O) groups is 2. The molecule has 2 heterocycles. The van der Waals surface area contributed by atoms with Crippen LogP contribution in [0.2, 0.25) is 0 Å². The van der Waals surface area contributed by atoms with Crippen molar-refractivity contribution in [2.24, 2.45) is 5.92 Å². The molecule has 11 heteroatoms. The summed E-state index contributed by atoms with van der Waals surface area (Å²) in [7, 11) is 3.50. The molecule has 3 atom stereocenters. The van der Waals surface area contributed by atoms with Gasteiger partial charge in [-0.25, -0.2) is 4.79 Å². The van der Waals surface area contributed by atoms with Gasteiger partial charge in [-0.2, -0.15) is 13.2 Å². The summed E-state index contributed by atoms with van der Waals surface area (Å²) in [6, 6.07) is 4.58. The summed E-state index contributed by atoms with van der Waals surface area (Å²) in [5.74, 6) is -0.212. The van der Waals surface area contributed by atoms with E-state index in [4.69, 9.17) is 23.8 Å². The van der Waals surface area contributed by atoms with Crippen LogP contribution in [0.15, 0.2) is 16.5 Å². The fraction of sp³-hybridized carbons (Fsp3) is 0.714. The van der Waals surface area contributed by atoms with E-state index in [-0.39, 0.29) is 18.6 Å². The number of halogens is 3. The van der Waals surface area contributed by atoms with E-state index in [2.05, 4.69) is 24.0 Å². The zero-order valence-corrected chi connectivity index (χ0v) is 18.6. The number of carboxylic acids is 1. The molecule has 182 valence electrons. The first-order valence-electron chi connectivity index (χ1n) is 10.5. The van der Waals surface area contributed by atoms with Crippen molar-refractivity contribution in [3.8, 4) is 0 Å². The highest BCUT2D eigenvalue weighted by Crippen LogP contribution is 2.35. The third kappa shape index (κ3) is 7.79. The Morgan fingerprint density at radius 2 is 1.91 bits per heavy atom. The van der Waals surface area contributed by atoms with Gasteiger partial charge in [0.1, 0.15) is 18.1 Å². The van der Waals surface area contributed by atoms with Gasteiger partial charge in [0.05, 0.1) is 25.9 Å². The van der Waals surface area contributed by atoms with Crippen molar-refractivity contribution in [3.63, 3.8) is 0 Å². The van der Waals surface area contributed by atoms with Crippen molar-refractivity contribution in [1.82, 2.24) is 9.80 Å². The minimum Gasteiger partial charge on any atom is -0.475 e. The second-order valence-electron chi connectivity index (χ2n) is 8.11. The van der Waals surface area contributed by atoms with E-state index in [1.807, 2.05) is 0 Å². The number of alkyl halides is 3. The molecule has 1 unspecified atom stereocenters. The SMILES string of the molecule is CCc1ccc(CN2CCO[C@H]3CC(COCC(=O)N(C)C)C[C@@H]32)o1.O=C(O)C(F)(F)F. The van der Waals surface area contributed by atoms with E-state index in [9.17, 15) is 18.0 Å². The van der Waals surface area contributed by atoms with E-state index in [1.54, 1.807) is 19.0 Å². The van der Waals surface area contributed by atoms with Crippen LogP contribution in [0.5, 0.6) is 0 Å². The Bertz CT molecular complexity index is 752. The summed E-state index contributed by atoms with van der Waals surface area (Å²) in [6.07, 6.45) is -1.81. The zero-order valence-electron chi connectivity index (χ0n) is 18.6. The summed E-state index contributed by atoms with van der Waals surface area (Å²) in [5.41, 5.74) is 0. The van der Waals surface area contributed by atoms with Gasteiger partial charge in [0.25, 0.3) is 0 Å². The first kappa shape index (κ1) is 26.1. The van der Waals surface area contributed by atoms with Gasteiger partial charge in [0.15, 0.2) is 0 Å². The number of amides is 1. The average Bonchev–Trinajstić information content (AvgIpc) is 3.34. The second kappa shape index (κ2) is 11.7. The maximum absolute atomic E-state index is 11.6. The lowest BCUT2D eigenvalue weighted by Crippen LogP contribution is -2.47. The summed E-state index contributed by atoms with van der Waals surface area (Å²) in [4.78, 5) is 24.5. The number of aliphatic carboxylic acids is 1. The Kier molecular flexibility index (Phi) is 9.53. The van der Waals surface area contributed by atoms with Crippen molar-refractivity contribution >= 4 is 11.9 Å². The first-order chi connectivity index (χ1) is 15.0. The number of hydrogen-bond acceptors (Lipinski definition) is 6. The Hall–Kier alpha value is -2.11. The number of aryl methyl sites for hydroxylation is 1. The van der Waals surface area contributed by atoms with Gasteiger partial charge in [0.2, 0.25) is 5.91 Å². The molecule has 1 saturated heterocycles. The van der Waals surface area contributed by atoms with Crippen molar-refractivity contribution in [1.29, 1.82) is 0 Å². The number of morpholine rings is 1. The predicted molar refractivity (Wildman–Crippen MR) is 108 cm³/mol. The Morgan fingerprint density at radius 1 is 1.25 bits per heavy atom. The monoisotopic (exact) mass is 464 g/mol. The molecule has 32 heavy (non-hydrogen) atoms. The van der Waals surface area contributed by atoms with Gasteiger partial charge in [-0.05, 0) is 30.9 Å². The van der Waals surface area contributed by atoms with Gasteiger partial charge < -0.3 is 23.9 Å². The summed E-state index contributed by atoms with van der Waals surface area (Å²) >= 11 is 0. The molecule has 1 amide bonds. The van der Waals surface area contributed by atoms with Crippen LogP contribution in [-0.2, 0) is 32.0 Å². The van der Waals surface area contributed by atoms with Crippen molar-refractivity contribution < 1.29 is 41.8 Å². The molecule has 1 N–H and O–H groups in total. The second-order valence-corrected chi connectivity index (χ2v) is 8.11. The van der Waals surface area contributed by atoms with Crippen LogP contribution in [-0.4, -0.2) is 85.6 Å². The number of ether oxygens (including phenoxy) is 2. The Labute approximate surface area is 185 Å². The van der Waals surface area contributed by atoms with Crippen LogP contribution in [0.25, 0.3) is 0 Å². The van der Waals surface area contributed by atoms with Crippen LogP contribution in [0.4, 0.5) is 13.2 Å². The highest BCUT2D eigenvalue weighted by Gasteiger charge is 2.41. The van der Waals surface area contributed by atoms with Crippen molar-refractivity contribution in [2.45, 2.75) is 51.1 Å². The molecule has 0 aromatic carbocycles. The van der Waals surface area contributed by atoms with Gasteiger partial charge in [0, 0.05) is 33.1 Å². The number of likely N-dealkylation sites (N-methyl/N-ethyl adjacent to an activating group) is 1. The van der Waals surface area contributed by atoms with E-state index >= 15 is 0 Å². The van der Waals surface area contributed by atoms with Gasteiger partial charge in [-0.1, -0.05) is 6.92 Å². The maximum atomic E-state index is 11.6. The molecular weight excluding hydrogens is 433 g/mol. The first-order valence-corrected chi connectivity index (χ1v) is 10.5. The maximum Gasteiger partial charge on any atom is 0.490 e. The van der Waals surface area contributed by atoms with E-state index in [1.165, 1.54) is 0 Å². The number of nitrogens with zero attached hydrogens (tertiary/aromatic N) is 2. The lowest BCUT2D eigenvalue weighted by molar-refractivity contribution is -0.192. The molecule has 0 spiro atoms. The molecule has 0 bridgehead atoms. The third-order valence-electron chi connectivity index (χ3n) is 5.49. The highest BCUT2D eigenvalue weighted by atomic mass is 19.4. The molecule has 2 aliphatic rings. The lowest BCUT2D eigenvalue weighted by atomic mass is 10.1. The van der Waals surface area contributed by atoms with Gasteiger partial charge in [-0.15, -0.1) is 0 Å². The molecule has 1 aromatic heterocycles. The average molecular weight is 464 g/mol. The molecule has 3 rings (SSSR count). The fourth-order valence-corrected chi connectivity index (χ4v) is 3.80. The normalized spacial score (nSPS) is 23.2. The number of carbonyl (C=O) groups excluding carboxylic acids is 1. The molecular formula is C21H31F3N2O6. The minimum absolute atomic E-state index is 0.0119. The highest BCUT2D eigenvalue weighted by molar-refractivity contribution is 5.76. The largest absolute Gasteiger partial charge is 0.490 e. The Morgan fingerprint density at radius 3 is 2.47 bits per heavy atom. The van der Waals surface area contributed by atoms with Crippen LogP contribution in [0, 0.1) is 5.92 Å².